The monoisotopic (exact) mass is 1370 g/mol. The second-order valence-corrected chi connectivity index (χ2v) is 22.3. The van der Waals surface area contributed by atoms with E-state index < -0.39 is 35.4 Å². The summed E-state index contributed by atoms with van der Waals surface area (Å²) in [5.41, 5.74) is 6.33. The van der Waals surface area contributed by atoms with Crippen molar-refractivity contribution < 1.29 is 43.0 Å². The number of nitrogens with zero attached hydrogens (tertiary/aromatic N) is 6. The molecule has 6 amide bonds. The summed E-state index contributed by atoms with van der Waals surface area (Å²) in [7, 11) is 3.06. The van der Waals surface area contributed by atoms with Gasteiger partial charge in [-0.15, -0.1) is 0 Å². The fourth-order valence-electron chi connectivity index (χ4n) is 8.48. The molecule has 4 aromatic carbocycles. The summed E-state index contributed by atoms with van der Waals surface area (Å²) in [5, 5.41) is 11.7. The molecule has 0 unspecified atom stereocenters. The third-order valence-electron chi connectivity index (χ3n) is 13.4. The minimum Gasteiger partial charge on any atom is -0.485 e. The predicted octanol–water partition coefficient (Wildman–Crippen LogP) is 11.0. The van der Waals surface area contributed by atoms with Crippen molar-refractivity contribution in [1.29, 1.82) is 0 Å². The highest BCUT2D eigenvalue weighted by Gasteiger charge is 2.23. The molecule has 8 rings (SSSR count). The molecule has 4 aromatic heterocycles. The number of aromatic nitrogens is 4. The van der Waals surface area contributed by atoms with Crippen LogP contribution in [0.5, 0.6) is 11.5 Å². The van der Waals surface area contributed by atoms with Crippen molar-refractivity contribution in [3.8, 4) is 11.5 Å². The highest BCUT2D eigenvalue weighted by Crippen LogP contribution is 2.37. The first kappa shape index (κ1) is 64.0. The molecule has 0 aliphatic heterocycles. The van der Waals surface area contributed by atoms with Crippen molar-refractivity contribution in [1.82, 2.24) is 40.0 Å². The molecule has 4 heterocycles. The number of rotatable bonds is 24. The normalized spacial score (nSPS) is 11.3. The van der Waals surface area contributed by atoms with Crippen LogP contribution in [0.3, 0.4) is 0 Å². The van der Waals surface area contributed by atoms with E-state index in [2.05, 4.69) is 63.1 Å². The van der Waals surface area contributed by atoms with Gasteiger partial charge in [0.05, 0.1) is 45.9 Å². The molecule has 8 aromatic rings. The number of halogens is 6. The van der Waals surface area contributed by atoms with Crippen LogP contribution < -0.4 is 40.5 Å². The number of benzene rings is 4. The Labute approximate surface area is 530 Å². The summed E-state index contributed by atoms with van der Waals surface area (Å²) in [5.74, 6) is -1.92. The van der Waals surface area contributed by atoms with Crippen LogP contribution in [0, 0.1) is 13.8 Å². The zero-order valence-electron chi connectivity index (χ0n) is 46.5. The topological polar surface area (TPSA) is 227 Å². The lowest BCUT2D eigenvalue weighted by molar-refractivity contribution is -0.122. The Kier molecular flexibility index (Phi) is 21.8. The summed E-state index contributed by atoms with van der Waals surface area (Å²) in [4.78, 5) is 102. The van der Waals surface area contributed by atoms with Gasteiger partial charge in [-0.1, -0.05) is 70.7 Å². The average Bonchev–Trinajstić information content (AvgIpc) is 2.08. The number of hydrogen-bond acceptors (Lipinski definition) is 11. The van der Waals surface area contributed by atoms with Crippen LogP contribution in [0.15, 0.2) is 131 Å². The summed E-state index contributed by atoms with van der Waals surface area (Å²) >= 11 is 33.6. The van der Waals surface area contributed by atoms with Gasteiger partial charge in [0.1, 0.15) is 28.2 Å². The van der Waals surface area contributed by atoms with E-state index in [0.717, 1.165) is 20.6 Å². The number of amides is 6. The maximum absolute atomic E-state index is 13.2. The lowest BCUT2D eigenvalue weighted by Gasteiger charge is -2.21. The molecular weight excluding hydrogens is 1320 g/mol. The molecule has 0 saturated heterocycles. The van der Waals surface area contributed by atoms with Gasteiger partial charge < -0.3 is 40.5 Å². The number of pyridine rings is 2. The molecule has 19 nitrogen and oxygen atoms in total. The Hall–Kier alpha value is -8.05. The number of likely N-dealkylation sites (N-methyl/N-ethyl adjacent to an activating group) is 2. The van der Waals surface area contributed by atoms with E-state index >= 15 is 0 Å². The smallest absolute Gasteiger partial charge is 0.251 e. The van der Waals surface area contributed by atoms with E-state index in [0.29, 0.717) is 77.6 Å². The Morgan fingerprint density at radius 3 is 1.31 bits per heavy atom. The number of hydrogen-bond donors (Lipinski definition) is 4. The van der Waals surface area contributed by atoms with Crippen molar-refractivity contribution >= 4 is 154 Å². The van der Waals surface area contributed by atoms with Gasteiger partial charge in [0.2, 0.25) is 23.6 Å². The quantitative estimate of drug-likeness (QED) is 0.0416. The lowest BCUT2D eigenvalue weighted by atomic mass is 10.1. The Balaban J connectivity index is 0.696. The molecule has 0 radical (unpaired) electrons. The third kappa shape index (κ3) is 15.9. The SMILES string of the molecule is Cc1nc2c(OCc3c(Cl)ccc(N(C)C(=O)CNC(=O)/C=C/c4ccc(C(=O)NCCC(=O)CCNC(=O)c5ccc(/C=C/C(=O)NCC(=O)N(C)c6ccc(Cl)c(COc7cccn8c(Br)c(C)nc78)c6Cl)cc5)cc4)c3Cl)cccn2c1Br. The lowest BCUT2D eigenvalue weighted by Crippen LogP contribution is -2.37. The second kappa shape index (κ2) is 29.4. The highest BCUT2D eigenvalue weighted by atomic mass is 79.9. The molecule has 0 aliphatic carbocycles. The summed E-state index contributed by atoms with van der Waals surface area (Å²) in [6, 6.07) is 26.5. The first-order chi connectivity index (χ1) is 41.2. The van der Waals surface area contributed by atoms with Crippen molar-refractivity contribution in [2.75, 3.05) is 50.1 Å². The number of Topliss-reactive ketones (excluding diaryl/α,β-unsaturated/α-hetero) is 1. The van der Waals surface area contributed by atoms with Gasteiger partial charge in [-0.25, -0.2) is 9.97 Å². The molecule has 86 heavy (non-hydrogen) atoms. The van der Waals surface area contributed by atoms with Crippen LogP contribution in [-0.2, 0) is 37.2 Å². The molecule has 25 heteroatoms. The number of anilines is 2. The van der Waals surface area contributed by atoms with Gasteiger partial charge in [-0.05, 0) is 142 Å². The van der Waals surface area contributed by atoms with E-state index in [1.165, 1.54) is 48.2 Å². The number of carbonyl (C=O) groups is 7. The maximum atomic E-state index is 13.2. The number of aryl methyl sites for hydroxylation is 2. The number of ketones is 1. The molecule has 0 atom stereocenters. The number of ether oxygens (including phenoxy) is 2. The van der Waals surface area contributed by atoms with E-state index in [-0.39, 0.29) is 68.1 Å². The molecule has 4 N–H and O–H groups in total. The zero-order chi connectivity index (χ0) is 61.8. The van der Waals surface area contributed by atoms with Crippen LogP contribution >= 0.6 is 78.3 Å². The Bertz CT molecular complexity index is 3730. The van der Waals surface area contributed by atoms with Crippen LogP contribution in [0.4, 0.5) is 11.4 Å². The molecule has 0 spiro atoms. The summed E-state index contributed by atoms with van der Waals surface area (Å²) in [6.07, 6.45) is 9.36. The number of fused-ring (bicyclic) bond motifs is 2. The van der Waals surface area contributed by atoms with Crippen LogP contribution in [-0.4, -0.2) is 100 Å². The third-order valence-corrected chi connectivity index (χ3v) is 16.8. The van der Waals surface area contributed by atoms with E-state index in [4.69, 9.17) is 55.9 Å². The standard InChI is InChI=1S/C61H54Br2Cl4N10O9/c1-35-56(62)76-29-5-7-48(58(76)72-35)85-33-42-44(64)19-21-46(54(42)66)74(3)52(81)31-70-50(79)23-13-37-9-15-39(16-10-37)60(83)68-27-25-41(78)26-28-69-61(84)40-17-11-38(12-18-40)14-24-51(80)71-32-53(82)75(4)47-22-20-45(65)43(55(47)67)34-86-49-8-6-30-77-57(63)36(2)73-59(49)77/h5-24,29-30H,25-28,31-34H2,1-4H3,(H,68,83)(H,69,84)(H,70,79)(H,71,80)/b23-13+,24-14+. The van der Waals surface area contributed by atoms with Gasteiger partial charge >= 0.3 is 0 Å². The second-order valence-electron chi connectivity index (χ2n) is 19.2. The Morgan fingerprint density at radius 1 is 0.547 bits per heavy atom. The van der Waals surface area contributed by atoms with E-state index in [9.17, 15) is 33.6 Å². The van der Waals surface area contributed by atoms with Crippen LogP contribution in [0.2, 0.25) is 20.1 Å². The number of nitrogens with one attached hydrogen (secondary N) is 4. The fourth-order valence-corrected chi connectivity index (χ4v) is 10.4. The fraction of sp³-hybridized carbons (Fsp3) is 0.197. The van der Waals surface area contributed by atoms with E-state index in [1.807, 2.05) is 47.2 Å². The van der Waals surface area contributed by atoms with Crippen molar-refractivity contribution in [3.05, 3.63) is 196 Å². The molecule has 0 aliphatic rings. The van der Waals surface area contributed by atoms with Crippen molar-refractivity contribution in [3.63, 3.8) is 0 Å². The average molecular weight is 1370 g/mol. The predicted molar refractivity (Wildman–Crippen MR) is 340 cm³/mol. The highest BCUT2D eigenvalue weighted by molar-refractivity contribution is 9.10. The van der Waals surface area contributed by atoms with Crippen molar-refractivity contribution in [2.45, 2.75) is 39.9 Å². The van der Waals surface area contributed by atoms with Gasteiger partial charge in [0, 0.05) is 96.9 Å². The number of carbonyl (C=O) groups excluding carboxylic acids is 7. The van der Waals surface area contributed by atoms with Crippen LogP contribution in [0.25, 0.3) is 23.4 Å². The van der Waals surface area contributed by atoms with E-state index in [1.54, 1.807) is 84.9 Å². The van der Waals surface area contributed by atoms with Gasteiger partial charge in [0.15, 0.2) is 22.8 Å². The zero-order valence-corrected chi connectivity index (χ0v) is 52.7. The molecule has 0 saturated carbocycles. The molecular formula is C61H54Br2Cl4N10O9. The van der Waals surface area contributed by atoms with Gasteiger partial charge in [-0.3, -0.25) is 42.4 Å². The molecule has 0 fully saturated rings. The number of imidazole rings is 2. The van der Waals surface area contributed by atoms with Gasteiger partial charge in [0.25, 0.3) is 11.8 Å². The molecule has 444 valence electrons. The maximum Gasteiger partial charge on any atom is 0.251 e. The summed E-state index contributed by atoms with van der Waals surface area (Å²) < 4.78 is 17.5. The first-order valence-electron chi connectivity index (χ1n) is 26.4. The van der Waals surface area contributed by atoms with Crippen molar-refractivity contribution in [2.24, 2.45) is 0 Å². The Morgan fingerprint density at radius 2 is 0.930 bits per heavy atom. The largest absolute Gasteiger partial charge is 0.485 e. The minimum absolute atomic E-state index is 0.00374. The minimum atomic E-state index is -0.531. The van der Waals surface area contributed by atoms with Crippen LogP contribution in [0.1, 0.15) is 67.2 Å². The molecule has 0 bridgehead atoms. The summed E-state index contributed by atoms with van der Waals surface area (Å²) in [6.45, 7) is 3.22. The first-order valence-corrected chi connectivity index (χ1v) is 29.5. The van der Waals surface area contributed by atoms with Gasteiger partial charge in [-0.2, -0.15) is 0 Å².